The molecule has 1 aromatic carbocycles. The van der Waals surface area contributed by atoms with E-state index in [2.05, 4.69) is 21.3 Å². The summed E-state index contributed by atoms with van der Waals surface area (Å²) in [5.74, 6) is 0. The first kappa shape index (κ1) is 7.94. The number of nitriles is 1. The van der Waals surface area contributed by atoms with Crippen LogP contribution in [0.2, 0.25) is 0 Å². The quantitative estimate of drug-likeness (QED) is 0.595. The van der Waals surface area contributed by atoms with E-state index in [9.17, 15) is 0 Å². The molecule has 15 heavy (non-hydrogen) atoms. The Kier molecular flexibility index (Phi) is 1.48. The standard InChI is InChI=1S/C11H6N4/c12-4-7-1-2-10-9(3-7)11-8(5-13-10)6-14-15-11/h1-3,5-6H,(H,14,15). The number of aromatic nitrogens is 3. The monoisotopic (exact) mass is 194 g/mol. The van der Waals surface area contributed by atoms with E-state index >= 15 is 0 Å². The minimum atomic E-state index is 0.625. The number of fused-ring (bicyclic) bond motifs is 3. The summed E-state index contributed by atoms with van der Waals surface area (Å²) >= 11 is 0. The molecule has 0 bridgehead atoms. The van der Waals surface area contributed by atoms with Crippen molar-refractivity contribution in [2.75, 3.05) is 0 Å². The zero-order chi connectivity index (χ0) is 10.3. The van der Waals surface area contributed by atoms with Crippen LogP contribution in [0, 0.1) is 11.3 Å². The first-order valence-corrected chi connectivity index (χ1v) is 4.51. The molecule has 0 spiro atoms. The van der Waals surface area contributed by atoms with Gasteiger partial charge in [-0.25, -0.2) is 0 Å². The second-order valence-corrected chi connectivity index (χ2v) is 3.29. The summed E-state index contributed by atoms with van der Waals surface area (Å²) in [4.78, 5) is 4.29. The maximum Gasteiger partial charge on any atom is 0.103 e. The fraction of sp³-hybridized carbons (Fsp3) is 0. The van der Waals surface area contributed by atoms with E-state index in [1.165, 1.54) is 0 Å². The van der Waals surface area contributed by atoms with Gasteiger partial charge in [0.05, 0.1) is 17.1 Å². The molecule has 0 aliphatic heterocycles. The van der Waals surface area contributed by atoms with Gasteiger partial charge < -0.3 is 0 Å². The maximum absolute atomic E-state index is 8.82. The van der Waals surface area contributed by atoms with E-state index < -0.39 is 0 Å². The first-order chi connectivity index (χ1) is 7.38. The minimum Gasteiger partial charge on any atom is -0.284 e. The molecule has 2 aromatic heterocycles. The van der Waals surface area contributed by atoms with Gasteiger partial charge in [0.25, 0.3) is 0 Å². The highest BCUT2D eigenvalue weighted by Gasteiger charge is 2.04. The molecule has 70 valence electrons. The Balaban J connectivity index is 2.54. The molecule has 2 heterocycles. The van der Waals surface area contributed by atoms with E-state index in [-0.39, 0.29) is 0 Å². The van der Waals surface area contributed by atoms with Crippen LogP contribution in [-0.4, -0.2) is 15.2 Å². The summed E-state index contributed by atoms with van der Waals surface area (Å²) in [6.45, 7) is 0. The second-order valence-electron chi connectivity index (χ2n) is 3.29. The average Bonchev–Trinajstić information content (AvgIpc) is 2.76. The van der Waals surface area contributed by atoms with Crippen molar-refractivity contribution in [3.63, 3.8) is 0 Å². The van der Waals surface area contributed by atoms with Gasteiger partial charge in [0.2, 0.25) is 0 Å². The highest BCUT2D eigenvalue weighted by molar-refractivity contribution is 6.02. The Bertz CT molecular complexity index is 690. The van der Waals surface area contributed by atoms with Crippen LogP contribution in [0.4, 0.5) is 0 Å². The SMILES string of the molecule is N#Cc1ccc2ncc3c[nH]nc3c2c1. The fourth-order valence-corrected chi connectivity index (χ4v) is 1.66. The van der Waals surface area contributed by atoms with Crippen LogP contribution in [0.5, 0.6) is 0 Å². The summed E-state index contributed by atoms with van der Waals surface area (Å²) in [7, 11) is 0. The predicted molar refractivity (Wildman–Crippen MR) is 56.1 cm³/mol. The summed E-state index contributed by atoms with van der Waals surface area (Å²) in [6, 6.07) is 7.51. The van der Waals surface area contributed by atoms with Gasteiger partial charge in [-0.05, 0) is 18.2 Å². The van der Waals surface area contributed by atoms with Crippen LogP contribution in [0.1, 0.15) is 5.56 Å². The van der Waals surface area contributed by atoms with Crippen molar-refractivity contribution in [3.05, 3.63) is 36.2 Å². The average molecular weight is 194 g/mol. The molecule has 0 saturated heterocycles. The minimum absolute atomic E-state index is 0.625. The Morgan fingerprint density at radius 3 is 3.13 bits per heavy atom. The van der Waals surface area contributed by atoms with Gasteiger partial charge in [-0.2, -0.15) is 10.4 Å². The fourth-order valence-electron chi connectivity index (χ4n) is 1.66. The number of aromatic amines is 1. The van der Waals surface area contributed by atoms with E-state index in [1.807, 2.05) is 12.1 Å². The normalized spacial score (nSPS) is 10.6. The predicted octanol–water partition coefficient (Wildman–Crippen LogP) is 1.98. The number of benzene rings is 1. The third-order valence-electron chi connectivity index (χ3n) is 2.39. The number of hydrogen-bond acceptors (Lipinski definition) is 3. The van der Waals surface area contributed by atoms with E-state index in [0.29, 0.717) is 5.56 Å². The lowest BCUT2D eigenvalue weighted by Crippen LogP contribution is -1.82. The van der Waals surface area contributed by atoms with Crippen molar-refractivity contribution < 1.29 is 0 Å². The lowest BCUT2D eigenvalue weighted by atomic mass is 10.1. The van der Waals surface area contributed by atoms with Crippen LogP contribution < -0.4 is 0 Å². The molecule has 0 atom stereocenters. The van der Waals surface area contributed by atoms with Gasteiger partial charge in [0.15, 0.2) is 0 Å². The van der Waals surface area contributed by atoms with Crippen LogP contribution in [0.25, 0.3) is 21.8 Å². The van der Waals surface area contributed by atoms with Gasteiger partial charge >= 0.3 is 0 Å². The van der Waals surface area contributed by atoms with Gasteiger partial charge in [0.1, 0.15) is 5.52 Å². The highest BCUT2D eigenvalue weighted by Crippen LogP contribution is 2.21. The number of rotatable bonds is 0. The zero-order valence-corrected chi connectivity index (χ0v) is 7.73. The molecule has 0 unspecified atom stereocenters. The number of hydrogen-bond donors (Lipinski definition) is 1. The summed E-state index contributed by atoms with van der Waals surface area (Å²) < 4.78 is 0. The number of nitrogens with zero attached hydrogens (tertiary/aromatic N) is 3. The molecular formula is C11H6N4. The molecular weight excluding hydrogens is 188 g/mol. The van der Waals surface area contributed by atoms with E-state index in [0.717, 1.165) is 21.8 Å². The molecule has 3 aromatic rings. The first-order valence-electron chi connectivity index (χ1n) is 4.51. The molecule has 0 aliphatic carbocycles. The highest BCUT2D eigenvalue weighted by atomic mass is 15.1. The van der Waals surface area contributed by atoms with Gasteiger partial charge in [-0.15, -0.1) is 0 Å². The zero-order valence-electron chi connectivity index (χ0n) is 7.73. The summed E-state index contributed by atoms with van der Waals surface area (Å²) in [5.41, 5.74) is 2.34. The van der Waals surface area contributed by atoms with Crippen molar-refractivity contribution in [1.82, 2.24) is 15.2 Å². The van der Waals surface area contributed by atoms with Crippen molar-refractivity contribution in [3.8, 4) is 6.07 Å². The second kappa shape index (κ2) is 2.79. The van der Waals surface area contributed by atoms with Crippen molar-refractivity contribution in [2.24, 2.45) is 0 Å². The summed E-state index contributed by atoms with van der Waals surface area (Å²) in [5, 5.41) is 17.6. The van der Waals surface area contributed by atoms with Crippen molar-refractivity contribution in [2.45, 2.75) is 0 Å². The van der Waals surface area contributed by atoms with Crippen LogP contribution in [0.15, 0.2) is 30.6 Å². The van der Waals surface area contributed by atoms with Crippen molar-refractivity contribution in [1.29, 1.82) is 5.26 Å². The third kappa shape index (κ3) is 1.07. The van der Waals surface area contributed by atoms with Crippen LogP contribution in [0.3, 0.4) is 0 Å². The lowest BCUT2D eigenvalue weighted by Gasteiger charge is -1.97. The van der Waals surface area contributed by atoms with Crippen LogP contribution >= 0.6 is 0 Å². The maximum atomic E-state index is 8.82. The van der Waals surface area contributed by atoms with Gasteiger partial charge in [0, 0.05) is 23.2 Å². The molecule has 4 nitrogen and oxygen atoms in total. The molecule has 0 radical (unpaired) electrons. The number of pyridine rings is 1. The Morgan fingerprint density at radius 1 is 1.33 bits per heavy atom. The summed E-state index contributed by atoms with van der Waals surface area (Å²) in [6.07, 6.45) is 3.56. The molecule has 3 rings (SSSR count). The Labute approximate surface area is 85.2 Å². The smallest absolute Gasteiger partial charge is 0.103 e. The number of H-pyrrole nitrogens is 1. The van der Waals surface area contributed by atoms with E-state index in [1.54, 1.807) is 18.5 Å². The number of nitrogens with one attached hydrogen (secondary N) is 1. The van der Waals surface area contributed by atoms with Gasteiger partial charge in [-0.3, -0.25) is 10.1 Å². The topological polar surface area (TPSA) is 65.4 Å². The molecule has 0 amide bonds. The Morgan fingerprint density at radius 2 is 2.27 bits per heavy atom. The van der Waals surface area contributed by atoms with Crippen LogP contribution in [-0.2, 0) is 0 Å². The largest absolute Gasteiger partial charge is 0.284 e. The Hall–Kier alpha value is -2.41. The lowest BCUT2D eigenvalue weighted by molar-refractivity contribution is 1.12. The van der Waals surface area contributed by atoms with Gasteiger partial charge in [-0.1, -0.05) is 0 Å². The molecule has 0 saturated carbocycles. The van der Waals surface area contributed by atoms with Crippen molar-refractivity contribution >= 4 is 21.8 Å². The van der Waals surface area contributed by atoms with E-state index in [4.69, 9.17) is 5.26 Å². The molecule has 0 fully saturated rings. The molecule has 0 aliphatic rings. The third-order valence-corrected chi connectivity index (χ3v) is 2.39. The molecule has 1 N–H and O–H groups in total. The molecule has 4 heteroatoms.